The van der Waals surface area contributed by atoms with Gasteiger partial charge in [-0.3, -0.25) is 4.79 Å². The minimum absolute atomic E-state index is 0.0346. The average molecular weight is 333 g/mol. The van der Waals surface area contributed by atoms with Gasteiger partial charge in [0, 0.05) is 0 Å². The molecule has 0 aliphatic carbocycles. The number of esters is 1. The molecule has 0 radical (unpaired) electrons. The number of rotatable bonds is 6. The fraction of sp³-hybridized carbons (Fsp3) is 0.364. The molecule has 0 N–H and O–H groups in total. The summed E-state index contributed by atoms with van der Waals surface area (Å²) in [5.74, 6) is 0.211. The van der Waals surface area contributed by atoms with E-state index in [0.29, 0.717) is 12.0 Å². The summed E-state index contributed by atoms with van der Waals surface area (Å²) in [6.07, 6.45) is 5.47. The molecule has 2 aromatic carbocycles. The van der Waals surface area contributed by atoms with E-state index in [1.807, 2.05) is 42.5 Å². The maximum absolute atomic E-state index is 11.9. The molecule has 0 unspecified atom stereocenters. The lowest BCUT2D eigenvalue weighted by molar-refractivity contribution is -0.155. The zero-order valence-corrected chi connectivity index (χ0v) is 14.4. The SMILES string of the molecule is N#Cc1ccc(CCCC[C@H]2C[C@@H](c3ccccc3)CC(=O)O2)cc1. The van der Waals surface area contributed by atoms with Crippen LogP contribution in [0.4, 0.5) is 0 Å². The van der Waals surface area contributed by atoms with E-state index in [2.05, 4.69) is 18.2 Å². The maximum Gasteiger partial charge on any atom is 0.306 e. The highest BCUT2D eigenvalue weighted by Crippen LogP contribution is 2.32. The number of hydrogen-bond donors (Lipinski definition) is 0. The van der Waals surface area contributed by atoms with Gasteiger partial charge >= 0.3 is 5.97 Å². The van der Waals surface area contributed by atoms with Crippen molar-refractivity contribution in [1.82, 2.24) is 0 Å². The van der Waals surface area contributed by atoms with Gasteiger partial charge in [-0.1, -0.05) is 42.5 Å². The van der Waals surface area contributed by atoms with Crippen LogP contribution in [0, 0.1) is 11.3 Å². The van der Waals surface area contributed by atoms with Crippen molar-refractivity contribution in [3.63, 3.8) is 0 Å². The predicted molar refractivity (Wildman–Crippen MR) is 97.0 cm³/mol. The Hall–Kier alpha value is -2.60. The van der Waals surface area contributed by atoms with E-state index in [1.54, 1.807) is 0 Å². The Bertz CT molecular complexity index is 731. The molecular weight excluding hydrogens is 310 g/mol. The second-order valence-electron chi connectivity index (χ2n) is 6.71. The van der Waals surface area contributed by atoms with Crippen molar-refractivity contribution in [2.75, 3.05) is 0 Å². The molecule has 1 fully saturated rings. The number of cyclic esters (lactones) is 1. The van der Waals surface area contributed by atoms with Crippen LogP contribution < -0.4 is 0 Å². The predicted octanol–water partition coefficient (Wildman–Crippen LogP) is 4.76. The Balaban J connectivity index is 1.46. The van der Waals surface area contributed by atoms with Gasteiger partial charge in [-0.05, 0) is 61.3 Å². The van der Waals surface area contributed by atoms with Crippen LogP contribution in [0.1, 0.15) is 54.7 Å². The Morgan fingerprint density at radius 1 is 1.04 bits per heavy atom. The molecule has 1 saturated heterocycles. The van der Waals surface area contributed by atoms with Crippen LogP contribution in [0.25, 0.3) is 0 Å². The van der Waals surface area contributed by atoms with Gasteiger partial charge in [-0.2, -0.15) is 5.26 Å². The van der Waals surface area contributed by atoms with Crippen LogP contribution in [0.3, 0.4) is 0 Å². The standard InChI is InChI=1S/C22H23NO2/c23-16-18-12-10-17(11-13-18)6-4-5-9-21-14-20(15-22(24)25-21)19-7-2-1-3-8-19/h1-3,7-8,10-13,20-21H,4-6,9,14-15H2/t20-,21+/m1/s1. The van der Waals surface area contributed by atoms with Gasteiger partial charge < -0.3 is 4.74 Å². The lowest BCUT2D eigenvalue weighted by atomic mass is 9.87. The van der Waals surface area contributed by atoms with E-state index >= 15 is 0 Å². The first-order valence-electron chi connectivity index (χ1n) is 8.98. The molecule has 3 heteroatoms. The second kappa shape index (κ2) is 8.48. The van der Waals surface area contributed by atoms with Crippen molar-refractivity contribution in [2.24, 2.45) is 0 Å². The molecule has 1 heterocycles. The average Bonchev–Trinajstić information content (AvgIpc) is 2.66. The minimum atomic E-state index is -0.0720. The van der Waals surface area contributed by atoms with Crippen LogP contribution >= 0.6 is 0 Å². The van der Waals surface area contributed by atoms with Gasteiger partial charge in [0.2, 0.25) is 0 Å². The zero-order chi connectivity index (χ0) is 17.5. The molecule has 0 spiro atoms. The molecule has 0 saturated carbocycles. The third-order valence-corrected chi connectivity index (χ3v) is 4.85. The summed E-state index contributed by atoms with van der Waals surface area (Å²) in [5.41, 5.74) is 3.19. The van der Waals surface area contributed by atoms with Crippen LogP contribution in [0.2, 0.25) is 0 Å². The van der Waals surface area contributed by atoms with E-state index < -0.39 is 0 Å². The number of nitrogens with zero attached hydrogens (tertiary/aromatic N) is 1. The van der Waals surface area contributed by atoms with E-state index in [1.165, 1.54) is 11.1 Å². The van der Waals surface area contributed by atoms with Crippen LogP contribution in [-0.4, -0.2) is 12.1 Å². The monoisotopic (exact) mass is 333 g/mol. The van der Waals surface area contributed by atoms with Gasteiger partial charge in [0.15, 0.2) is 0 Å². The van der Waals surface area contributed by atoms with Crippen LogP contribution in [0.5, 0.6) is 0 Å². The molecule has 3 rings (SSSR count). The Labute approximate surface area is 149 Å². The lowest BCUT2D eigenvalue weighted by Gasteiger charge is -2.29. The first-order chi connectivity index (χ1) is 12.2. The normalized spacial score (nSPS) is 19.9. The molecule has 0 amide bonds. The summed E-state index contributed by atoms with van der Waals surface area (Å²) in [5, 5.41) is 8.82. The number of carbonyl (C=O) groups is 1. The van der Waals surface area contributed by atoms with Crippen molar-refractivity contribution in [2.45, 2.75) is 50.5 Å². The summed E-state index contributed by atoms with van der Waals surface area (Å²) in [6, 6.07) is 20.2. The Kier molecular flexibility index (Phi) is 5.85. The zero-order valence-electron chi connectivity index (χ0n) is 14.4. The van der Waals surface area contributed by atoms with E-state index in [9.17, 15) is 4.79 Å². The van der Waals surface area contributed by atoms with Crippen molar-refractivity contribution in [3.8, 4) is 6.07 Å². The Morgan fingerprint density at radius 3 is 2.52 bits per heavy atom. The fourth-order valence-corrected chi connectivity index (χ4v) is 3.49. The van der Waals surface area contributed by atoms with Gasteiger partial charge in [0.25, 0.3) is 0 Å². The molecule has 2 atom stereocenters. The summed E-state index contributed by atoms with van der Waals surface area (Å²) < 4.78 is 5.55. The quantitative estimate of drug-likeness (QED) is 0.565. The molecule has 3 nitrogen and oxygen atoms in total. The summed E-state index contributed by atoms with van der Waals surface area (Å²) in [7, 11) is 0. The minimum Gasteiger partial charge on any atom is -0.462 e. The molecular formula is C22H23NO2. The molecule has 0 aromatic heterocycles. The molecule has 0 bridgehead atoms. The number of unbranched alkanes of at least 4 members (excludes halogenated alkanes) is 1. The number of nitriles is 1. The van der Waals surface area contributed by atoms with Crippen molar-refractivity contribution in [3.05, 3.63) is 71.3 Å². The third kappa shape index (κ3) is 4.93. The molecule has 128 valence electrons. The topological polar surface area (TPSA) is 50.1 Å². The molecule has 25 heavy (non-hydrogen) atoms. The highest BCUT2D eigenvalue weighted by molar-refractivity contribution is 5.71. The van der Waals surface area contributed by atoms with E-state index in [4.69, 9.17) is 10.00 Å². The summed E-state index contributed by atoms with van der Waals surface area (Å²) in [6.45, 7) is 0. The number of benzene rings is 2. The first kappa shape index (κ1) is 17.2. The second-order valence-corrected chi connectivity index (χ2v) is 6.71. The smallest absolute Gasteiger partial charge is 0.306 e. The Morgan fingerprint density at radius 2 is 1.80 bits per heavy atom. The number of aryl methyl sites for hydroxylation is 1. The van der Waals surface area contributed by atoms with Gasteiger partial charge in [0.1, 0.15) is 6.10 Å². The highest BCUT2D eigenvalue weighted by atomic mass is 16.5. The first-order valence-corrected chi connectivity index (χ1v) is 8.98. The largest absolute Gasteiger partial charge is 0.462 e. The fourth-order valence-electron chi connectivity index (χ4n) is 3.49. The van der Waals surface area contributed by atoms with Crippen LogP contribution in [0.15, 0.2) is 54.6 Å². The van der Waals surface area contributed by atoms with E-state index in [0.717, 1.165) is 32.1 Å². The summed E-state index contributed by atoms with van der Waals surface area (Å²) in [4.78, 5) is 11.9. The number of ether oxygens (including phenoxy) is 1. The van der Waals surface area contributed by atoms with Gasteiger partial charge in [-0.25, -0.2) is 0 Å². The number of carbonyl (C=O) groups excluding carboxylic acids is 1. The molecule has 1 aliphatic rings. The van der Waals surface area contributed by atoms with E-state index in [-0.39, 0.29) is 18.0 Å². The van der Waals surface area contributed by atoms with Crippen molar-refractivity contribution < 1.29 is 9.53 Å². The van der Waals surface area contributed by atoms with Gasteiger partial charge in [-0.15, -0.1) is 0 Å². The van der Waals surface area contributed by atoms with Crippen molar-refractivity contribution in [1.29, 1.82) is 5.26 Å². The molecule has 2 aromatic rings. The maximum atomic E-state index is 11.9. The third-order valence-electron chi connectivity index (χ3n) is 4.85. The number of hydrogen-bond acceptors (Lipinski definition) is 3. The van der Waals surface area contributed by atoms with Gasteiger partial charge in [0.05, 0.1) is 18.1 Å². The highest BCUT2D eigenvalue weighted by Gasteiger charge is 2.29. The van der Waals surface area contributed by atoms with Crippen molar-refractivity contribution >= 4 is 5.97 Å². The van der Waals surface area contributed by atoms with Crippen LogP contribution in [-0.2, 0) is 16.0 Å². The lowest BCUT2D eigenvalue weighted by Crippen LogP contribution is -2.28. The molecule has 1 aliphatic heterocycles. The summed E-state index contributed by atoms with van der Waals surface area (Å²) >= 11 is 0.